The van der Waals surface area contributed by atoms with Crippen LogP contribution in [-0.4, -0.2) is 16.3 Å². The number of hydrogen-bond acceptors (Lipinski definition) is 2. The molecule has 1 aliphatic carbocycles. The number of rotatable bonds is 2. The molecule has 0 aromatic carbocycles. The van der Waals surface area contributed by atoms with Gasteiger partial charge in [-0.2, -0.15) is 5.10 Å². The standard InChI is InChI=1S/C9H15N3/c1-7-5-11-12(2)8(7)9(6-10)3-4-9/h5H,3-4,6,10H2,1-2H3. The molecule has 0 spiro atoms. The van der Waals surface area contributed by atoms with Crippen LogP contribution in [0.15, 0.2) is 6.20 Å². The van der Waals surface area contributed by atoms with E-state index in [0.29, 0.717) is 0 Å². The number of nitrogens with zero attached hydrogens (tertiary/aromatic N) is 2. The molecule has 1 heterocycles. The molecule has 0 aliphatic heterocycles. The summed E-state index contributed by atoms with van der Waals surface area (Å²) in [5.74, 6) is 0. The minimum absolute atomic E-state index is 0.273. The number of hydrogen-bond donors (Lipinski definition) is 1. The van der Waals surface area contributed by atoms with Crippen LogP contribution >= 0.6 is 0 Å². The highest BCUT2D eigenvalue weighted by molar-refractivity contribution is 5.31. The van der Waals surface area contributed by atoms with Crippen molar-refractivity contribution < 1.29 is 0 Å². The normalized spacial score (nSPS) is 19.6. The van der Waals surface area contributed by atoms with Crippen molar-refractivity contribution in [3.05, 3.63) is 17.5 Å². The van der Waals surface area contributed by atoms with Crippen LogP contribution in [0.1, 0.15) is 24.1 Å². The van der Waals surface area contributed by atoms with Gasteiger partial charge in [0.15, 0.2) is 0 Å². The Hall–Kier alpha value is -0.830. The molecule has 0 radical (unpaired) electrons. The lowest BCUT2D eigenvalue weighted by molar-refractivity contribution is 0.599. The SMILES string of the molecule is Cc1cnn(C)c1C1(CN)CC1. The lowest BCUT2D eigenvalue weighted by Crippen LogP contribution is -2.23. The summed E-state index contributed by atoms with van der Waals surface area (Å²) in [5, 5.41) is 4.23. The summed E-state index contributed by atoms with van der Waals surface area (Å²) in [6, 6.07) is 0. The maximum Gasteiger partial charge on any atom is 0.0521 e. The summed E-state index contributed by atoms with van der Waals surface area (Å²) in [4.78, 5) is 0. The van der Waals surface area contributed by atoms with Gasteiger partial charge in [-0.15, -0.1) is 0 Å². The van der Waals surface area contributed by atoms with Gasteiger partial charge in [0.05, 0.1) is 6.20 Å². The topological polar surface area (TPSA) is 43.8 Å². The summed E-state index contributed by atoms with van der Waals surface area (Å²) in [6.07, 6.45) is 4.37. The Balaban J connectivity index is 2.45. The van der Waals surface area contributed by atoms with Gasteiger partial charge in [-0.3, -0.25) is 4.68 Å². The molecule has 2 N–H and O–H groups in total. The van der Waals surface area contributed by atoms with Crippen LogP contribution in [0.25, 0.3) is 0 Å². The molecule has 0 amide bonds. The number of nitrogens with two attached hydrogens (primary N) is 1. The highest BCUT2D eigenvalue weighted by Crippen LogP contribution is 2.47. The first-order valence-electron chi connectivity index (χ1n) is 4.39. The Bertz CT molecular complexity index is 277. The van der Waals surface area contributed by atoms with Crippen molar-refractivity contribution in [1.82, 2.24) is 9.78 Å². The van der Waals surface area contributed by atoms with E-state index in [2.05, 4.69) is 12.0 Å². The first kappa shape index (κ1) is 7.80. The molecule has 66 valence electrons. The fraction of sp³-hybridized carbons (Fsp3) is 0.667. The molecule has 1 aromatic rings. The lowest BCUT2D eigenvalue weighted by Gasteiger charge is -2.13. The van der Waals surface area contributed by atoms with E-state index in [9.17, 15) is 0 Å². The Morgan fingerprint density at radius 2 is 2.33 bits per heavy atom. The van der Waals surface area contributed by atoms with Crippen molar-refractivity contribution in [1.29, 1.82) is 0 Å². The maximum absolute atomic E-state index is 5.76. The summed E-state index contributed by atoms with van der Waals surface area (Å²) in [6.45, 7) is 2.87. The van der Waals surface area contributed by atoms with E-state index in [-0.39, 0.29) is 5.41 Å². The van der Waals surface area contributed by atoms with Crippen LogP contribution in [0.4, 0.5) is 0 Å². The molecule has 0 saturated heterocycles. The summed E-state index contributed by atoms with van der Waals surface area (Å²) in [7, 11) is 2.00. The van der Waals surface area contributed by atoms with Gasteiger partial charge in [-0.1, -0.05) is 0 Å². The average molecular weight is 165 g/mol. The van der Waals surface area contributed by atoms with Gasteiger partial charge in [-0.05, 0) is 25.3 Å². The molecule has 0 atom stereocenters. The Kier molecular flexibility index (Phi) is 1.51. The molecule has 1 aromatic heterocycles. The smallest absolute Gasteiger partial charge is 0.0521 e. The van der Waals surface area contributed by atoms with E-state index in [0.717, 1.165) is 6.54 Å². The predicted octanol–water partition coefficient (Wildman–Crippen LogP) is 0.719. The van der Waals surface area contributed by atoms with Crippen molar-refractivity contribution in [2.24, 2.45) is 12.8 Å². The highest BCUT2D eigenvalue weighted by atomic mass is 15.3. The fourth-order valence-electron chi connectivity index (χ4n) is 2.00. The van der Waals surface area contributed by atoms with Crippen molar-refractivity contribution in [2.45, 2.75) is 25.2 Å². The van der Waals surface area contributed by atoms with Gasteiger partial charge in [0.2, 0.25) is 0 Å². The molecule has 0 unspecified atom stereocenters. The second kappa shape index (κ2) is 2.33. The maximum atomic E-state index is 5.76. The van der Waals surface area contributed by atoms with Crippen molar-refractivity contribution in [2.75, 3.05) is 6.54 Å². The zero-order valence-electron chi connectivity index (χ0n) is 7.67. The van der Waals surface area contributed by atoms with Gasteiger partial charge in [0.1, 0.15) is 0 Å². The summed E-state index contributed by atoms with van der Waals surface area (Å²) in [5.41, 5.74) is 8.65. The molecular weight excluding hydrogens is 150 g/mol. The molecule has 1 saturated carbocycles. The molecule has 12 heavy (non-hydrogen) atoms. The molecular formula is C9H15N3. The quantitative estimate of drug-likeness (QED) is 0.701. The van der Waals surface area contributed by atoms with Gasteiger partial charge in [0, 0.05) is 24.7 Å². The highest BCUT2D eigenvalue weighted by Gasteiger charge is 2.46. The van der Waals surface area contributed by atoms with E-state index < -0.39 is 0 Å². The zero-order valence-corrected chi connectivity index (χ0v) is 7.67. The Labute approximate surface area is 72.6 Å². The Morgan fingerprint density at radius 3 is 2.67 bits per heavy atom. The van der Waals surface area contributed by atoms with Crippen molar-refractivity contribution in [3.63, 3.8) is 0 Å². The van der Waals surface area contributed by atoms with Gasteiger partial charge >= 0.3 is 0 Å². The minimum Gasteiger partial charge on any atom is -0.330 e. The third kappa shape index (κ3) is 0.894. The van der Waals surface area contributed by atoms with Crippen LogP contribution in [0.5, 0.6) is 0 Å². The third-order valence-electron chi connectivity index (χ3n) is 2.87. The van der Waals surface area contributed by atoms with Gasteiger partial charge < -0.3 is 5.73 Å². The van der Waals surface area contributed by atoms with Crippen molar-refractivity contribution >= 4 is 0 Å². The zero-order chi connectivity index (χ0) is 8.77. The molecule has 1 aliphatic rings. The van der Waals surface area contributed by atoms with E-state index >= 15 is 0 Å². The first-order valence-corrected chi connectivity index (χ1v) is 4.39. The Morgan fingerprint density at radius 1 is 1.67 bits per heavy atom. The predicted molar refractivity (Wildman–Crippen MR) is 47.9 cm³/mol. The van der Waals surface area contributed by atoms with E-state index in [1.54, 1.807) is 0 Å². The number of aryl methyl sites for hydroxylation is 2. The second-order valence-electron chi connectivity index (χ2n) is 3.78. The van der Waals surface area contributed by atoms with Crippen LogP contribution in [0, 0.1) is 6.92 Å². The van der Waals surface area contributed by atoms with Crippen LogP contribution in [-0.2, 0) is 12.5 Å². The summed E-state index contributed by atoms with van der Waals surface area (Å²) >= 11 is 0. The molecule has 2 rings (SSSR count). The summed E-state index contributed by atoms with van der Waals surface area (Å²) < 4.78 is 1.97. The van der Waals surface area contributed by atoms with Gasteiger partial charge in [0.25, 0.3) is 0 Å². The largest absolute Gasteiger partial charge is 0.330 e. The minimum atomic E-state index is 0.273. The van der Waals surface area contributed by atoms with Crippen molar-refractivity contribution in [3.8, 4) is 0 Å². The van der Waals surface area contributed by atoms with Gasteiger partial charge in [-0.25, -0.2) is 0 Å². The van der Waals surface area contributed by atoms with E-state index in [1.165, 1.54) is 24.1 Å². The van der Waals surface area contributed by atoms with Crippen LogP contribution < -0.4 is 5.73 Å². The second-order valence-corrected chi connectivity index (χ2v) is 3.78. The first-order chi connectivity index (χ1) is 5.69. The van der Waals surface area contributed by atoms with Crippen LogP contribution in [0.2, 0.25) is 0 Å². The molecule has 3 nitrogen and oxygen atoms in total. The molecule has 0 bridgehead atoms. The molecule has 1 fully saturated rings. The van der Waals surface area contributed by atoms with Crippen LogP contribution in [0.3, 0.4) is 0 Å². The monoisotopic (exact) mass is 165 g/mol. The fourth-order valence-corrected chi connectivity index (χ4v) is 2.00. The average Bonchev–Trinajstić information content (AvgIpc) is 2.77. The third-order valence-corrected chi connectivity index (χ3v) is 2.87. The van der Waals surface area contributed by atoms with E-state index in [4.69, 9.17) is 5.73 Å². The number of aromatic nitrogens is 2. The van der Waals surface area contributed by atoms with E-state index in [1.807, 2.05) is 17.9 Å². The molecule has 3 heteroatoms. The lowest BCUT2D eigenvalue weighted by atomic mass is 10.00.